The maximum absolute atomic E-state index is 11.8. The van der Waals surface area contributed by atoms with Gasteiger partial charge >= 0.3 is 0 Å². The molecule has 1 N–H and O–H groups in total. The van der Waals surface area contributed by atoms with Crippen molar-refractivity contribution in [2.24, 2.45) is 0 Å². The Labute approximate surface area is 118 Å². The van der Waals surface area contributed by atoms with E-state index in [1.54, 1.807) is 0 Å². The largest absolute Gasteiger partial charge is 0.356 e. The van der Waals surface area contributed by atoms with E-state index in [2.05, 4.69) is 11.4 Å². The molecule has 0 bridgehead atoms. The van der Waals surface area contributed by atoms with Crippen LogP contribution in [-0.2, 0) is 9.84 Å². The van der Waals surface area contributed by atoms with Crippen LogP contribution in [0.4, 0.5) is 5.69 Å². The zero-order chi connectivity index (χ0) is 13.8. The lowest BCUT2D eigenvalue weighted by Crippen LogP contribution is -2.37. The van der Waals surface area contributed by atoms with Gasteiger partial charge in [0, 0.05) is 5.69 Å². The third-order valence-corrected chi connectivity index (χ3v) is 5.84. The molecule has 0 radical (unpaired) electrons. The summed E-state index contributed by atoms with van der Waals surface area (Å²) in [7, 11) is -2.96. The first-order valence-corrected chi connectivity index (χ1v) is 8.48. The van der Waals surface area contributed by atoms with E-state index >= 15 is 0 Å². The summed E-state index contributed by atoms with van der Waals surface area (Å²) in [6.45, 7) is 4.05. The SMILES string of the molecule is Cc1ccc(C)c(N2C(=S)NC3CS(=O)(=O)CC32)c1. The molecule has 2 aliphatic heterocycles. The van der Waals surface area contributed by atoms with Gasteiger partial charge in [-0.25, -0.2) is 8.42 Å². The molecule has 0 amide bonds. The van der Waals surface area contributed by atoms with Crippen LogP contribution in [0.15, 0.2) is 18.2 Å². The van der Waals surface area contributed by atoms with Gasteiger partial charge in [-0.3, -0.25) is 0 Å². The van der Waals surface area contributed by atoms with Crippen LogP contribution in [0.5, 0.6) is 0 Å². The van der Waals surface area contributed by atoms with Crippen molar-refractivity contribution in [3.05, 3.63) is 29.3 Å². The second-order valence-electron chi connectivity index (χ2n) is 5.36. The highest BCUT2D eigenvalue weighted by Gasteiger charge is 2.47. The Balaban J connectivity index is 2.04. The van der Waals surface area contributed by atoms with E-state index in [4.69, 9.17) is 12.2 Å². The van der Waals surface area contributed by atoms with E-state index in [1.807, 2.05) is 30.9 Å². The second kappa shape index (κ2) is 4.18. The summed E-state index contributed by atoms with van der Waals surface area (Å²) in [5, 5.41) is 3.78. The van der Waals surface area contributed by atoms with E-state index in [0.717, 1.165) is 16.8 Å². The maximum Gasteiger partial charge on any atom is 0.174 e. The van der Waals surface area contributed by atoms with Gasteiger partial charge in [0.1, 0.15) is 0 Å². The Bertz CT molecular complexity index is 655. The first-order valence-electron chi connectivity index (χ1n) is 6.25. The van der Waals surface area contributed by atoms with E-state index in [9.17, 15) is 8.42 Å². The highest BCUT2D eigenvalue weighted by molar-refractivity contribution is 7.91. The summed E-state index contributed by atoms with van der Waals surface area (Å²) in [4.78, 5) is 1.98. The lowest BCUT2D eigenvalue weighted by atomic mass is 10.1. The Morgan fingerprint density at radius 3 is 2.79 bits per heavy atom. The molecule has 102 valence electrons. The molecule has 2 atom stereocenters. The van der Waals surface area contributed by atoms with Crippen molar-refractivity contribution in [2.75, 3.05) is 16.4 Å². The van der Waals surface area contributed by atoms with Gasteiger partial charge in [0.25, 0.3) is 0 Å². The second-order valence-corrected chi connectivity index (χ2v) is 7.90. The van der Waals surface area contributed by atoms with Crippen LogP contribution in [0.1, 0.15) is 11.1 Å². The number of anilines is 1. The standard InChI is InChI=1S/C13H16N2O2S2/c1-8-3-4-9(2)11(5-8)15-12-7-19(16,17)6-10(12)14-13(15)18/h3-5,10,12H,6-7H2,1-2H3,(H,14,18). The molecule has 0 aromatic heterocycles. The Kier molecular flexibility index (Phi) is 2.83. The van der Waals surface area contributed by atoms with Crippen LogP contribution in [0.3, 0.4) is 0 Å². The maximum atomic E-state index is 11.8. The third-order valence-electron chi connectivity index (χ3n) is 3.81. The number of nitrogens with zero attached hydrogens (tertiary/aromatic N) is 1. The Morgan fingerprint density at radius 2 is 2.05 bits per heavy atom. The number of hydrogen-bond donors (Lipinski definition) is 1. The number of rotatable bonds is 1. The normalized spacial score (nSPS) is 28.3. The molecule has 6 heteroatoms. The molecule has 2 unspecified atom stereocenters. The highest BCUT2D eigenvalue weighted by Crippen LogP contribution is 2.32. The van der Waals surface area contributed by atoms with Crippen LogP contribution < -0.4 is 10.2 Å². The summed E-state index contributed by atoms with van der Waals surface area (Å²) >= 11 is 5.37. The fraction of sp³-hybridized carbons (Fsp3) is 0.462. The van der Waals surface area contributed by atoms with Crippen molar-refractivity contribution in [3.8, 4) is 0 Å². The lowest BCUT2D eigenvalue weighted by molar-refractivity contribution is 0.600. The summed E-state index contributed by atoms with van der Waals surface area (Å²) in [6.07, 6.45) is 0. The summed E-state index contributed by atoms with van der Waals surface area (Å²) in [5.74, 6) is 0.358. The van der Waals surface area contributed by atoms with Gasteiger partial charge < -0.3 is 10.2 Å². The van der Waals surface area contributed by atoms with E-state index in [0.29, 0.717) is 5.11 Å². The smallest absolute Gasteiger partial charge is 0.174 e. The molecule has 4 nitrogen and oxygen atoms in total. The fourth-order valence-corrected chi connectivity index (χ4v) is 5.14. The van der Waals surface area contributed by atoms with Gasteiger partial charge in [-0.15, -0.1) is 0 Å². The zero-order valence-corrected chi connectivity index (χ0v) is 12.5. The van der Waals surface area contributed by atoms with Crippen molar-refractivity contribution in [1.82, 2.24) is 5.32 Å². The van der Waals surface area contributed by atoms with Gasteiger partial charge in [0.05, 0.1) is 23.6 Å². The number of fused-ring (bicyclic) bond motifs is 1. The van der Waals surface area contributed by atoms with Gasteiger partial charge in [-0.05, 0) is 43.3 Å². The van der Waals surface area contributed by atoms with Crippen molar-refractivity contribution >= 4 is 32.9 Å². The molecule has 2 aliphatic rings. The summed E-state index contributed by atoms with van der Waals surface area (Å²) in [6, 6.07) is 6.02. The topological polar surface area (TPSA) is 49.4 Å². The Morgan fingerprint density at radius 1 is 1.32 bits per heavy atom. The van der Waals surface area contributed by atoms with E-state index < -0.39 is 9.84 Å². The van der Waals surface area contributed by atoms with Crippen LogP contribution in [0.2, 0.25) is 0 Å². The van der Waals surface area contributed by atoms with Crippen molar-refractivity contribution in [2.45, 2.75) is 25.9 Å². The molecular formula is C13H16N2O2S2. The van der Waals surface area contributed by atoms with E-state index in [-0.39, 0.29) is 23.6 Å². The van der Waals surface area contributed by atoms with Crippen molar-refractivity contribution in [1.29, 1.82) is 0 Å². The molecule has 2 heterocycles. The minimum atomic E-state index is -2.96. The number of aryl methyl sites for hydroxylation is 2. The quantitative estimate of drug-likeness (QED) is 0.788. The molecule has 3 rings (SSSR count). The zero-order valence-electron chi connectivity index (χ0n) is 10.9. The molecular weight excluding hydrogens is 280 g/mol. The van der Waals surface area contributed by atoms with Gasteiger partial charge in [0.2, 0.25) is 0 Å². The van der Waals surface area contributed by atoms with Gasteiger partial charge in [-0.1, -0.05) is 12.1 Å². The molecule has 1 aromatic rings. The van der Waals surface area contributed by atoms with Crippen LogP contribution in [0.25, 0.3) is 0 Å². The number of nitrogens with one attached hydrogen (secondary N) is 1. The molecule has 0 saturated carbocycles. The lowest BCUT2D eigenvalue weighted by Gasteiger charge is -2.25. The number of sulfone groups is 1. The van der Waals surface area contributed by atoms with Crippen molar-refractivity contribution < 1.29 is 8.42 Å². The van der Waals surface area contributed by atoms with Crippen LogP contribution in [-0.4, -0.2) is 37.1 Å². The predicted molar refractivity (Wildman–Crippen MR) is 80.4 cm³/mol. The van der Waals surface area contributed by atoms with E-state index in [1.165, 1.54) is 0 Å². The Hall–Kier alpha value is -1.14. The monoisotopic (exact) mass is 296 g/mol. The molecule has 2 fully saturated rings. The molecule has 19 heavy (non-hydrogen) atoms. The molecule has 1 aromatic carbocycles. The van der Waals surface area contributed by atoms with Gasteiger partial charge in [0.15, 0.2) is 14.9 Å². The van der Waals surface area contributed by atoms with Crippen LogP contribution >= 0.6 is 12.2 Å². The number of benzene rings is 1. The molecule has 2 saturated heterocycles. The van der Waals surface area contributed by atoms with Gasteiger partial charge in [-0.2, -0.15) is 0 Å². The summed E-state index contributed by atoms with van der Waals surface area (Å²) < 4.78 is 23.5. The minimum absolute atomic E-state index is 0.0713. The fourth-order valence-electron chi connectivity index (χ4n) is 2.87. The number of thiocarbonyl (C=S) groups is 1. The van der Waals surface area contributed by atoms with Crippen LogP contribution in [0, 0.1) is 13.8 Å². The average molecular weight is 296 g/mol. The molecule has 0 aliphatic carbocycles. The molecule has 0 spiro atoms. The predicted octanol–water partition coefficient (Wildman–Crippen LogP) is 1.16. The summed E-state index contributed by atoms with van der Waals surface area (Å²) in [5.41, 5.74) is 3.27. The van der Waals surface area contributed by atoms with Crippen molar-refractivity contribution in [3.63, 3.8) is 0 Å². The highest BCUT2D eigenvalue weighted by atomic mass is 32.2. The minimum Gasteiger partial charge on any atom is -0.356 e. The first-order chi connectivity index (χ1) is 8.87. The first kappa shape index (κ1) is 12.9. The third kappa shape index (κ3) is 2.12. The average Bonchev–Trinajstić information content (AvgIpc) is 2.73. The number of hydrogen-bond acceptors (Lipinski definition) is 3.